The van der Waals surface area contributed by atoms with Gasteiger partial charge >= 0.3 is 0 Å². The minimum Gasteiger partial charge on any atom is -0.332 e. The number of nitrogens with zero attached hydrogens (tertiary/aromatic N) is 2. The van der Waals surface area contributed by atoms with E-state index in [4.69, 9.17) is 33.2 Å². The molecule has 2 aromatic carbocycles. The van der Waals surface area contributed by atoms with Crippen LogP contribution < -0.4 is 5.32 Å². The molecule has 1 saturated carbocycles. The van der Waals surface area contributed by atoms with Crippen LogP contribution in [0, 0.1) is 11.8 Å². The number of rotatable bonds is 5. The highest BCUT2D eigenvalue weighted by atomic mass is 35.5. The lowest BCUT2D eigenvalue weighted by Gasteiger charge is -2.11. The van der Waals surface area contributed by atoms with E-state index in [1.54, 1.807) is 0 Å². The number of aliphatic imine (C=N–C) groups is 1. The molecule has 6 rings (SSSR count). The van der Waals surface area contributed by atoms with Crippen LogP contribution >= 0.6 is 23.2 Å². The first kappa shape index (κ1) is 24.0. The summed E-state index contributed by atoms with van der Waals surface area (Å²) in [5, 5.41) is 4.84. The van der Waals surface area contributed by atoms with Crippen molar-refractivity contribution in [3.63, 3.8) is 0 Å². The van der Waals surface area contributed by atoms with E-state index in [2.05, 4.69) is 72.7 Å². The van der Waals surface area contributed by atoms with Gasteiger partial charge in [-0.15, -0.1) is 0 Å². The SMILES string of the molecule is C[C@@H]1CC[C@H](c2nc(-c3ccc(-c4ccc(C5=C(Cl)N=C([C@@H]6C[C@H](C)CN6)C5)cc4)cc3)c(Cl)[nH]2)C1. The first-order valence-electron chi connectivity index (χ1n) is 13.1. The first-order valence-corrected chi connectivity index (χ1v) is 13.9. The fourth-order valence-electron chi connectivity index (χ4n) is 5.97. The van der Waals surface area contributed by atoms with Crippen LogP contribution in [-0.2, 0) is 0 Å². The Morgan fingerprint density at radius 1 is 0.806 bits per heavy atom. The molecule has 1 saturated heterocycles. The monoisotopic (exact) mass is 518 g/mol. The topological polar surface area (TPSA) is 53.1 Å². The minimum atomic E-state index is 0.352. The maximum absolute atomic E-state index is 6.56. The lowest BCUT2D eigenvalue weighted by molar-refractivity contribution is 0.588. The zero-order valence-electron chi connectivity index (χ0n) is 20.8. The van der Waals surface area contributed by atoms with Crippen LogP contribution in [0.3, 0.4) is 0 Å². The van der Waals surface area contributed by atoms with Gasteiger partial charge in [0.25, 0.3) is 0 Å². The van der Waals surface area contributed by atoms with Crippen LogP contribution in [-0.4, -0.2) is 28.3 Å². The van der Waals surface area contributed by atoms with Crippen LogP contribution in [0.1, 0.15) is 63.3 Å². The number of allylic oxidation sites excluding steroid dienone is 1. The highest BCUT2D eigenvalue weighted by Crippen LogP contribution is 2.39. The van der Waals surface area contributed by atoms with E-state index in [9.17, 15) is 0 Å². The molecule has 4 atom stereocenters. The Bertz CT molecular complexity index is 1320. The Morgan fingerprint density at radius 3 is 2.08 bits per heavy atom. The summed E-state index contributed by atoms with van der Waals surface area (Å²) in [6, 6.07) is 17.5. The molecule has 1 aromatic heterocycles. The Hall–Kier alpha value is -2.40. The van der Waals surface area contributed by atoms with Gasteiger partial charge in [0.15, 0.2) is 0 Å². The van der Waals surface area contributed by atoms with Crippen molar-refractivity contribution in [2.24, 2.45) is 16.8 Å². The van der Waals surface area contributed by atoms with Gasteiger partial charge in [-0.05, 0) is 60.8 Å². The molecule has 0 unspecified atom stereocenters. The van der Waals surface area contributed by atoms with E-state index in [1.807, 2.05) is 0 Å². The Morgan fingerprint density at radius 2 is 1.47 bits per heavy atom. The van der Waals surface area contributed by atoms with Crippen molar-refractivity contribution in [3.8, 4) is 22.4 Å². The number of nitrogens with one attached hydrogen (secondary N) is 2. The number of H-pyrrole nitrogens is 1. The number of aromatic nitrogens is 2. The molecule has 0 spiro atoms. The molecule has 0 bridgehead atoms. The van der Waals surface area contributed by atoms with Gasteiger partial charge in [-0.1, -0.05) is 85.6 Å². The van der Waals surface area contributed by atoms with E-state index in [0.717, 1.165) is 59.1 Å². The fraction of sp³-hybridized carbons (Fsp3) is 0.400. The summed E-state index contributed by atoms with van der Waals surface area (Å²) in [4.78, 5) is 12.9. The highest BCUT2D eigenvalue weighted by Gasteiger charge is 2.30. The molecule has 2 aliphatic heterocycles. The molecular formula is C30H32Cl2N4. The molecule has 3 aliphatic rings. The zero-order valence-corrected chi connectivity index (χ0v) is 22.3. The largest absolute Gasteiger partial charge is 0.332 e. The van der Waals surface area contributed by atoms with Crippen molar-refractivity contribution in [2.45, 2.75) is 57.9 Å². The Labute approximate surface area is 223 Å². The summed E-state index contributed by atoms with van der Waals surface area (Å²) < 4.78 is 0. The van der Waals surface area contributed by atoms with Crippen molar-refractivity contribution in [3.05, 3.63) is 70.2 Å². The summed E-state index contributed by atoms with van der Waals surface area (Å²) in [5.41, 5.74) is 7.64. The van der Waals surface area contributed by atoms with Crippen LogP contribution in [0.25, 0.3) is 28.0 Å². The van der Waals surface area contributed by atoms with Crippen molar-refractivity contribution < 1.29 is 0 Å². The Balaban J connectivity index is 1.15. The van der Waals surface area contributed by atoms with Crippen molar-refractivity contribution in [1.82, 2.24) is 15.3 Å². The van der Waals surface area contributed by atoms with Crippen LogP contribution in [0.15, 0.2) is 58.7 Å². The van der Waals surface area contributed by atoms with Crippen molar-refractivity contribution >= 4 is 34.5 Å². The average molecular weight is 520 g/mol. The lowest BCUT2D eigenvalue weighted by Crippen LogP contribution is -2.29. The zero-order chi connectivity index (χ0) is 24.8. The fourth-order valence-corrected chi connectivity index (χ4v) is 6.50. The van der Waals surface area contributed by atoms with Crippen LogP contribution in [0.5, 0.6) is 0 Å². The predicted octanol–water partition coefficient (Wildman–Crippen LogP) is 8.05. The summed E-state index contributed by atoms with van der Waals surface area (Å²) >= 11 is 13.1. The normalized spacial score (nSPS) is 26.2. The van der Waals surface area contributed by atoms with Gasteiger partial charge in [0.1, 0.15) is 21.8 Å². The maximum Gasteiger partial charge on any atom is 0.134 e. The van der Waals surface area contributed by atoms with Gasteiger partial charge in [0.05, 0.1) is 0 Å². The molecule has 3 heterocycles. The Kier molecular flexibility index (Phi) is 6.53. The third-order valence-corrected chi connectivity index (χ3v) is 8.67. The molecule has 2 fully saturated rings. The molecule has 6 heteroatoms. The summed E-state index contributed by atoms with van der Waals surface area (Å²) in [7, 11) is 0. The number of aromatic amines is 1. The lowest BCUT2D eigenvalue weighted by atomic mass is 9.95. The van der Waals surface area contributed by atoms with Gasteiger partial charge in [0, 0.05) is 35.2 Å². The van der Waals surface area contributed by atoms with Gasteiger partial charge in [-0.2, -0.15) is 0 Å². The maximum atomic E-state index is 6.56. The van der Waals surface area contributed by atoms with Crippen molar-refractivity contribution in [2.75, 3.05) is 6.54 Å². The first-order chi connectivity index (χ1) is 17.4. The molecule has 36 heavy (non-hydrogen) atoms. The molecule has 1 aliphatic carbocycles. The second kappa shape index (κ2) is 9.81. The molecule has 186 valence electrons. The number of imidazole rings is 1. The molecule has 4 nitrogen and oxygen atoms in total. The quantitative estimate of drug-likeness (QED) is 0.335. The van der Waals surface area contributed by atoms with Gasteiger partial charge < -0.3 is 10.3 Å². The van der Waals surface area contributed by atoms with E-state index in [0.29, 0.717) is 28.2 Å². The highest BCUT2D eigenvalue weighted by molar-refractivity contribution is 6.35. The third kappa shape index (κ3) is 4.67. The molecule has 0 amide bonds. The average Bonchev–Trinajstić information content (AvgIpc) is 3.67. The minimum absolute atomic E-state index is 0.352. The summed E-state index contributed by atoms with van der Waals surface area (Å²) in [6.07, 6.45) is 5.59. The molecular weight excluding hydrogens is 487 g/mol. The van der Waals surface area contributed by atoms with E-state index in [1.165, 1.54) is 30.5 Å². The molecule has 3 aromatic rings. The van der Waals surface area contributed by atoms with Gasteiger partial charge in [-0.3, -0.25) is 0 Å². The number of halogens is 2. The second-order valence-corrected chi connectivity index (χ2v) is 11.6. The molecule has 2 N–H and O–H groups in total. The van der Waals surface area contributed by atoms with Gasteiger partial charge in [0.2, 0.25) is 0 Å². The van der Waals surface area contributed by atoms with E-state index < -0.39 is 0 Å². The second-order valence-electron chi connectivity index (χ2n) is 10.9. The van der Waals surface area contributed by atoms with E-state index in [-0.39, 0.29) is 0 Å². The van der Waals surface area contributed by atoms with Crippen molar-refractivity contribution in [1.29, 1.82) is 0 Å². The number of hydrogen-bond acceptors (Lipinski definition) is 3. The van der Waals surface area contributed by atoms with E-state index >= 15 is 0 Å². The standard InChI is InChI=1S/C30H32Cl2N4/c1-17-3-4-23(13-17)30-35-27(29(32)36-30)22-11-7-20(8-12-22)19-5-9-21(10-6-19)24-15-26(34-28(24)31)25-14-18(2)16-33-25/h5-12,17-18,23,25,33H,3-4,13-16H2,1-2H3,(H,35,36)/t17-,18+,23+,25+/m1/s1. The predicted molar refractivity (Wildman–Crippen MR) is 151 cm³/mol. The van der Waals surface area contributed by atoms with Crippen LogP contribution in [0.2, 0.25) is 5.15 Å². The van der Waals surface area contributed by atoms with Gasteiger partial charge in [-0.25, -0.2) is 9.98 Å². The van der Waals surface area contributed by atoms with Crippen LogP contribution in [0.4, 0.5) is 0 Å². The third-order valence-electron chi connectivity index (χ3n) is 8.09. The summed E-state index contributed by atoms with van der Waals surface area (Å²) in [5.74, 6) is 2.97. The molecule has 0 radical (unpaired) electrons. The smallest absolute Gasteiger partial charge is 0.134 e. The number of benzene rings is 2. The number of hydrogen-bond donors (Lipinski definition) is 2. The summed E-state index contributed by atoms with van der Waals surface area (Å²) in [6.45, 7) is 5.65.